The lowest BCUT2D eigenvalue weighted by molar-refractivity contribution is 0.00730. The summed E-state index contributed by atoms with van der Waals surface area (Å²) in [6, 6.07) is 1.96. The van der Waals surface area contributed by atoms with Gasteiger partial charge in [0.05, 0.1) is 12.3 Å². The van der Waals surface area contributed by atoms with Crippen molar-refractivity contribution in [1.82, 2.24) is 19.5 Å². The van der Waals surface area contributed by atoms with E-state index in [1.54, 1.807) is 10.7 Å². The van der Waals surface area contributed by atoms with Crippen molar-refractivity contribution in [2.75, 3.05) is 19.7 Å². The van der Waals surface area contributed by atoms with Gasteiger partial charge >= 0.3 is 0 Å². The molecule has 1 amide bonds. The second-order valence-electron chi connectivity index (χ2n) is 5.80. The summed E-state index contributed by atoms with van der Waals surface area (Å²) < 4.78 is 7.40. The highest BCUT2D eigenvalue weighted by atomic mass is 16.5. The van der Waals surface area contributed by atoms with E-state index in [-0.39, 0.29) is 12.0 Å². The van der Waals surface area contributed by atoms with Crippen LogP contribution in [0.1, 0.15) is 41.5 Å². The molecule has 3 rings (SSSR count). The molecule has 6 heteroatoms. The van der Waals surface area contributed by atoms with Crippen LogP contribution in [-0.4, -0.2) is 51.2 Å². The quantitative estimate of drug-likeness (QED) is 0.870. The molecule has 0 bridgehead atoms. The van der Waals surface area contributed by atoms with Gasteiger partial charge in [0.1, 0.15) is 5.56 Å². The van der Waals surface area contributed by atoms with Crippen LogP contribution in [0.2, 0.25) is 0 Å². The predicted molar refractivity (Wildman–Crippen MR) is 83.0 cm³/mol. The van der Waals surface area contributed by atoms with Crippen molar-refractivity contribution in [3.8, 4) is 0 Å². The topological polar surface area (TPSA) is 59.7 Å². The van der Waals surface area contributed by atoms with E-state index in [1.165, 1.54) is 0 Å². The third kappa shape index (κ3) is 2.70. The molecule has 0 saturated carbocycles. The number of nitrogens with zero attached hydrogens (tertiary/aromatic N) is 4. The lowest BCUT2D eigenvalue weighted by Gasteiger charge is -2.32. The highest BCUT2D eigenvalue weighted by molar-refractivity contribution is 5.99. The molecule has 1 fully saturated rings. The van der Waals surface area contributed by atoms with Crippen LogP contribution in [0.5, 0.6) is 0 Å². The maximum Gasteiger partial charge on any atom is 0.259 e. The van der Waals surface area contributed by atoms with E-state index < -0.39 is 0 Å². The number of aromatic nitrogens is 3. The van der Waals surface area contributed by atoms with E-state index in [0.29, 0.717) is 24.4 Å². The molecular weight excluding hydrogens is 280 g/mol. The van der Waals surface area contributed by atoms with Gasteiger partial charge in [0.15, 0.2) is 5.65 Å². The van der Waals surface area contributed by atoms with Crippen LogP contribution in [0.15, 0.2) is 12.3 Å². The lowest BCUT2D eigenvalue weighted by Crippen LogP contribution is -2.43. The molecule has 0 radical (unpaired) electrons. The Kier molecular flexibility index (Phi) is 4.11. The molecule has 2 aromatic rings. The van der Waals surface area contributed by atoms with E-state index >= 15 is 0 Å². The molecular formula is C16H22N4O2. The third-order valence-electron chi connectivity index (χ3n) is 4.08. The Bertz CT molecular complexity index is 693. The molecule has 1 aliphatic heterocycles. The second kappa shape index (κ2) is 6.04. The Morgan fingerprint density at radius 2 is 2.27 bits per heavy atom. The third-order valence-corrected chi connectivity index (χ3v) is 4.08. The first-order valence-electron chi connectivity index (χ1n) is 7.83. The SMILES string of the molecule is CCOC1CCCN(C(=O)c2cnn3c(C)cc(C)nc23)C1. The number of likely N-dealkylation sites (tertiary alicyclic amines) is 1. The summed E-state index contributed by atoms with van der Waals surface area (Å²) in [6.07, 6.45) is 3.76. The van der Waals surface area contributed by atoms with E-state index in [4.69, 9.17) is 4.74 Å². The van der Waals surface area contributed by atoms with Gasteiger partial charge in [-0.25, -0.2) is 9.50 Å². The van der Waals surface area contributed by atoms with E-state index in [9.17, 15) is 4.79 Å². The monoisotopic (exact) mass is 302 g/mol. The fourth-order valence-corrected chi connectivity index (χ4v) is 3.09. The molecule has 0 N–H and O–H groups in total. The van der Waals surface area contributed by atoms with Crippen molar-refractivity contribution >= 4 is 11.6 Å². The van der Waals surface area contributed by atoms with Gasteiger partial charge in [0, 0.05) is 31.1 Å². The van der Waals surface area contributed by atoms with Gasteiger partial charge in [-0.15, -0.1) is 0 Å². The lowest BCUT2D eigenvalue weighted by atomic mass is 10.1. The molecule has 0 spiro atoms. The first-order valence-corrected chi connectivity index (χ1v) is 7.83. The van der Waals surface area contributed by atoms with Crippen molar-refractivity contribution in [3.05, 3.63) is 29.2 Å². The number of aryl methyl sites for hydroxylation is 2. The molecule has 2 aromatic heterocycles. The smallest absolute Gasteiger partial charge is 0.259 e. The Morgan fingerprint density at radius 1 is 1.45 bits per heavy atom. The van der Waals surface area contributed by atoms with Gasteiger partial charge in [-0.2, -0.15) is 5.10 Å². The fourth-order valence-electron chi connectivity index (χ4n) is 3.09. The zero-order valence-corrected chi connectivity index (χ0v) is 13.4. The molecule has 6 nitrogen and oxygen atoms in total. The Labute approximate surface area is 130 Å². The molecule has 1 unspecified atom stereocenters. The molecule has 1 saturated heterocycles. The van der Waals surface area contributed by atoms with Crippen molar-refractivity contribution in [2.24, 2.45) is 0 Å². The predicted octanol–water partition coefficient (Wildman–Crippen LogP) is 1.99. The van der Waals surface area contributed by atoms with Gasteiger partial charge in [-0.1, -0.05) is 0 Å². The minimum absolute atomic E-state index is 0.00287. The summed E-state index contributed by atoms with van der Waals surface area (Å²) in [4.78, 5) is 19.2. The number of ether oxygens (including phenoxy) is 1. The number of carbonyl (C=O) groups excluding carboxylic acids is 1. The van der Waals surface area contributed by atoms with Crippen LogP contribution >= 0.6 is 0 Å². The summed E-state index contributed by atoms with van der Waals surface area (Å²) in [5, 5.41) is 4.31. The number of amides is 1. The van der Waals surface area contributed by atoms with E-state index in [0.717, 1.165) is 30.8 Å². The average Bonchev–Trinajstić information content (AvgIpc) is 2.91. The molecule has 0 aromatic carbocycles. The minimum Gasteiger partial charge on any atom is -0.377 e. The molecule has 118 valence electrons. The van der Waals surface area contributed by atoms with Crippen molar-refractivity contribution in [3.63, 3.8) is 0 Å². The Morgan fingerprint density at radius 3 is 3.05 bits per heavy atom. The van der Waals surface area contributed by atoms with Crippen molar-refractivity contribution < 1.29 is 9.53 Å². The van der Waals surface area contributed by atoms with E-state index in [2.05, 4.69) is 10.1 Å². The summed E-state index contributed by atoms with van der Waals surface area (Å²) in [6.45, 7) is 7.99. The molecule has 0 aliphatic carbocycles. The number of piperidine rings is 1. The fraction of sp³-hybridized carbons (Fsp3) is 0.562. The van der Waals surface area contributed by atoms with Crippen LogP contribution in [0.3, 0.4) is 0 Å². The summed E-state index contributed by atoms with van der Waals surface area (Å²) in [5.74, 6) is -0.00287. The molecule has 1 atom stereocenters. The Hall–Kier alpha value is -1.95. The van der Waals surface area contributed by atoms with Gasteiger partial charge in [-0.05, 0) is 39.7 Å². The number of fused-ring (bicyclic) bond motifs is 1. The van der Waals surface area contributed by atoms with Crippen LogP contribution in [-0.2, 0) is 4.74 Å². The first-order chi connectivity index (χ1) is 10.6. The number of rotatable bonds is 3. The van der Waals surface area contributed by atoms with Crippen molar-refractivity contribution in [2.45, 2.75) is 39.7 Å². The summed E-state index contributed by atoms with van der Waals surface area (Å²) in [5.41, 5.74) is 3.09. The van der Waals surface area contributed by atoms with Gasteiger partial charge in [0.25, 0.3) is 5.91 Å². The Balaban J connectivity index is 1.89. The zero-order chi connectivity index (χ0) is 15.7. The van der Waals surface area contributed by atoms with Crippen LogP contribution in [0.4, 0.5) is 0 Å². The highest BCUT2D eigenvalue weighted by Crippen LogP contribution is 2.19. The van der Waals surface area contributed by atoms with Crippen LogP contribution < -0.4 is 0 Å². The normalized spacial score (nSPS) is 18.9. The highest BCUT2D eigenvalue weighted by Gasteiger charge is 2.27. The van der Waals surface area contributed by atoms with E-state index in [1.807, 2.05) is 31.7 Å². The van der Waals surface area contributed by atoms with Gasteiger partial charge in [-0.3, -0.25) is 4.79 Å². The summed E-state index contributed by atoms with van der Waals surface area (Å²) >= 11 is 0. The zero-order valence-electron chi connectivity index (χ0n) is 13.4. The van der Waals surface area contributed by atoms with Crippen molar-refractivity contribution in [1.29, 1.82) is 0 Å². The van der Waals surface area contributed by atoms with Gasteiger partial charge < -0.3 is 9.64 Å². The number of hydrogen-bond acceptors (Lipinski definition) is 4. The maximum absolute atomic E-state index is 12.8. The van der Waals surface area contributed by atoms with Crippen LogP contribution in [0, 0.1) is 13.8 Å². The minimum atomic E-state index is -0.00287. The summed E-state index contributed by atoms with van der Waals surface area (Å²) in [7, 11) is 0. The number of carbonyl (C=O) groups is 1. The second-order valence-corrected chi connectivity index (χ2v) is 5.80. The first kappa shape index (κ1) is 15.0. The molecule has 1 aliphatic rings. The molecule has 22 heavy (non-hydrogen) atoms. The molecule has 3 heterocycles. The van der Waals surface area contributed by atoms with Gasteiger partial charge in [0.2, 0.25) is 0 Å². The maximum atomic E-state index is 12.8. The average molecular weight is 302 g/mol. The largest absolute Gasteiger partial charge is 0.377 e. The number of hydrogen-bond donors (Lipinski definition) is 0. The standard InChI is InChI=1S/C16H22N4O2/c1-4-22-13-6-5-7-19(10-13)16(21)14-9-17-20-12(3)8-11(2)18-15(14)20/h8-9,13H,4-7,10H2,1-3H3. The van der Waals surface area contributed by atoms with Crippen LogP contribution in [0.25, 0.3) is 5.65 Å².